The van der Waals surface area contributed by atoms with E-state index in [1.165, 1.54) is 12.8 Å². The molecular weight excluding hydrogens is 260 g/mol. The molecule has 1 fully saturated rings. The summed E-state index contributed by atoms with van der Waals surface area (Å²) in [7, 11) is 2.13. The van der Waals surface area contributed by atoms with Crippen molar-refractivity contribution in [2.75, 3.05) is 26.7 Å². The smallest absolute Gasteiger partial charge is 0.147 e. The van der Waals surface area contributed by atoms with Crippen LogP contribution in [0.25, 0.3) is 0 Å². The summed E-state index contributed by atoms with van der Waals surface area (Å²) in [5, 5.41) is 3.47. The van der Waals surface area contributed by atoms with Gasteiger partial charge in [0.1, 0.15) is 5.78 Å². The molecule has 0 amide bonds. The Hall–Kier alpha value is -0.410. The van der Waals surface area contributed by atoms with E-state index >= 15 is 0 Å². The van der Waals surface area contributed by atoms with E-state index in [1.807, 2.05) is 0 Å². The quantitative estimate of drug-likeness (QED) is 0.782. The van der Waals surface area contributed by atoms with Gasteiger partial charge in [0.2, 0.25) is 0 Å². The van der Waals surface area contributed by atoms with Gasteiger partial charge in [-0.15, -0.1) is 0 Å². The number of Topliss-reactive ketones (excluding diaryl/α,β-unsaturated/α-hetero) is 1. The third-order valence-electron chi connectivity index (χ3n) is 4.62. The Morgan fingerprint density at radius 1 is 1.38 bits per heavy atom. The van der Waals surface area contributed by atoms with Crippen LogP contribution in [0.5, 0.6) is 0 Å². The maximum Gasteiger partial charge on any atom is 0.147 e. The topological polar surface area (TPSA) is 32.3 Å². The molecule has 0 aromatic carbocycles. The molecule has 1 aliphatic heterocycles. The van der Waals surface area contributed by atoms with Gasteiger partial charge in [0.05, 0.1) is 6.54 Å². The second-order valence-corrected chi connectivity index (χ2v) is 8.26. The maximum absolute atomic E-state index is 12.3. The summed E-state index contributed by atoms with van der Waals surface area (Å²) in [5.41, 5.74) is 0.313. The van der Waals surface area contributed by atoms with E-state index in [2.05, 4.69) is 51.9 Å². The molecule has 3 heteroatoms. The van der Waals surface area contributed by atoms with Crippen molar-refractivity contribution in [3.05, 3.63) is 0 Å². The highest BCUT2D eigenvalue weighted by Gasteiger charge is 2.28. The van der Waals surface area contributed by atoms with E-state index < -0.39 is 0 Å². The van der Waals surface area contributed by atoms with E-state index in [9.17, 15) is 4.79 Å². The number of likely N-dealkylation sites (N-methyl/N-ethyl adjacent to an activating group) is 1. The Kier molecular flexibility index (Phi) is 7.35. The second-order valence-electron chi connectivity index (χ2n) is 8.26. The largest absolute Gasteiger partial charge is 0.316 e. The lowest BCUT2D eigenvalue weighted by Crippen LogP contribution is -2.49. The van der Waals surface area contributed by atoms with Gasteiger partial charge < -0.3 is 5.32 Å². The van der Waals surface area contributed by atoms with Gasteiger partial charge >= 0.3 is 0 Å². The van der Waals surface area contributed by atoms with Crippen LogP contribution in [0.4, 0.5) is 0 Å². The van der Waals surface area contributed by atoms with Crippen molar-refractivity contribution < 1.29 is 4.79 Å². The first kappa shape index (κ1) is 18.6. The first-order valence-electron chi connectivity index (χ1n) is 8.65. The van der Waals surface area contributed by atoms with E-state index in [1.54, 1.807) is 0 Å². The SMILES string of the molecule is CCC1CNCCC1N(C)CC(=O)CC(C)CC(C)(C)C. The number of piperidine rings is 1. The molecule has 0 bridgehead atoms. The Morgan fingerprint density at radius 3 is 2.62 bits per heavy atom. The van der Waals surface area contributed by atoms with E-state index in [0.717, 1.165) is 25.9 Å². The number of nitrogens with one attached hydrogen (secondary N) is 1. The molecule has 21 heavy (non-hydrogen) atoms. The second kappa shape index (κ2) is 8.28. The molecule has 3 unspecified atom stereocenters. The minimum absolute atomic E-state index is 0.313. The van der Waals surface area contributed by atoms with Crippen molar-refractivity contribution in [3.63, 3.8) is 0 Å². The summed E-state index contributed by atoms with van der Waals surface area (Å²) >= 11 is 0. The molecule has 0 radical (unpaired) electrons. The number of carbonyl (C=O) groups excluding carboxylic acids is 1. The average Bonchev–Trinajstić information content (AvgIpc) is 2.35. The zero-order chi connectivity index (χ0) is 16.0. The monoisotopic (exact) mass is 296 g/mol. The van der Waals surface area contributed by atoms with Crippen molar-refractivity contribution in [3.8, 4) is 0 Å². The first-order valence-corrected chi connectivity index (χ1v) is 8.65. The summed E-state index contributed by atoms with van der Waals surface area (Å²) in [6, 6.07) is 0.568. The number of rotatable bonds is 7. The van der Waals surface area contributed by atoms with Crippen LogP contribution in [-0.4, -0.2) is 43.4 Å². The molecule has 0 saturated carbocycles. The standard InChI is InChI=1S/C18H36N2O/c1-7-15-12-19-9-8-17(15)20(6)13-16(21)10-14(2)11-18(3,4)5/h14-15,17,19H,7-13H2,1-6H3. The molecule has 1 rings (SSSR count). The number of hydrogen-bond donors (Lipinski definition) is 1. The molecule has 124 valence electrons. The Labute approximate surface area is 131 Å². The van der Waals surface area contributed by atoms with Gasteiger partial charge in [-0.3, -0.25) is 9.69 Å². The fourth-order valence-electron chi connectivity index (χ4n) is 3.87. The minimum atomic E-state index is 0.313. The molecular formula is C18H36N2O. The molecule has 0 aromatic heterocycles. The van der Waals surface area contributed by atoms with Crippen molar-refractivity contribution in [1.29, 1.82) is 0 Å². The molecule has 0 aliphatic carbocycles. The highest BCUT2D eigenvalue weighted by atomic mass is 16.1. The molecule has 1 N–H and O–H groups in total. The molecule has 3 nitrogen and oxygen atoms in total. The van der Waals surface area contributed by atoms with Gasteiger partial charge in [0, 0.05) is 12.5 Å². The number of hydrogen-bond acceptors (Lipinski definition) is 3. The summed E-state index contributed by atoms with van der Waals surface area (Å²) in [6.45, 7) is 14.0. The fraction of sp³-hybridized carbons (Fsp3) is 0.944. The number of carbonyl (C=O) groups is 1. The fourth-order valence-corrected chi connectivity index (χ4v) is 3.87. The molecule has 1 aliphatic rings. The van der Waals surface area contributed by atoms with Gasteiger partial charge in [0.25, 0.3) is 0 Å². The lowest BCUT2D eigenvalue weighted by Gasteiger charge is -2.38. The van der Waals surface area contributed by atoms with Crippen molar-refractivity contribution in [2.24, 2.45) is 17.3 Å². The van der Waals surface area contributed by atoms with Crippen molar-refractivity contribution >= 4 is 5.78 Å². The predicted molar refractivity (Wildman–Crippen MR) is 90.5 cm³/mol. The highest BCUT2D eigenvalue weighted by molar-refractivity contribution is 5.80. The van der Waals surface area contributed by atoms with Gasteiger partial charge in [0.15, 0.2) is 0 Å². The zero-order valence-corrected chi connectivity index (χ0v) is 15.0. The number of nitrogens with zero attached hydrogens (tertiary/aromatic N) is 1. The Morgan fingerprint density at radius 2 is 2.05 bits per heavy atom. The third-order valence-corrected chi connectivity index (χ3v) is 4.62. The predicted octanol–water partition coefficient (Wildman–Crippen LogP) is 3.34. The van der Waals surface area contributed by atoms with Crippen LogP contribution in [0.15, 0.2) is 0 Å². The molecule has 1 heterocycles. The number of ketones is 1. The third kappa shape index (κ3) is 6.92. The summed E-state index contributed by atoms with van der Waals surface area (Å²) < 4.78 is 0. The van der Waals surface area contributed by atoms with E-state index in [4.69, 9.17) is 0 Å². The van der Waals surface area contributed by atoms with E-state index in [-0.39, 0.29) is 0 Å². The summed E-state index contributed by atoms with van der Waals surface area (Å²) in [4.78, 5) is 14.6. The Balaban J connectivity index is 2.42. The zero-order valence-electron chi connectivity index (χ0n) is 15.0. The molecule has 1 saturated heterocycles. The molecule has 3 atom stereocenters. The minimum Gasteiger partial charge on any atom is -0.316 e. The highest BCUT2D eigenvalue weighted by Crippen LogP contribution is 2.26. The van der Waals surface area contributed by atoms with Crippen LogP contribution in [0.2, 0.25) is 0 Å². The van der Waals surface area contributed by atoms with Crippen LogP contribution in [0, 0.1) is 17.3 Å². The van der Waals surface area contributed by atoms with Gasteiger partial charge in [-0.1, -0.05) is 41.0 Å². The lowest BCUT2D eigenvalue weighted by atomic mass is 9.83. The van der Waals surface area contributed by atoms with E-state index in [0.29, 0.717) is 35.6 Å². The lowest BCUT2D eigenvalue weighted by molar-refractivity contribution is -0.121. The van der Waals surface area contributed by atoms with Crippen molar-refractivity contribution in [1.82, 2.24) is 10.2 Å². The Bertz CT molecular complexity index is 322. The summed E-state index contributed by atoms with van der Waals surface area (Å²) in [6.07, 6.45) is 4.20. The van der Waals surface area contributed by atoms with Crippen LogP contribution >= 0.6 is 0 Å². The van der Waals surface area contributed by atoms with Crippen LogP contribution in [0.1, 0.15) is 60.3 Å². The van der Waals surface area contributed by atoms with Gasteiger partial charge in [-0.2, -0.15) is 0 Å². The van der Waals surface area contributed by atoms with Crippen LogP contribution < -0.4 is 5.32 Å². The molecule has 0 spiro atoms. The van der Waals surface area contributed by atoms with Crippen molar-refractivity contribution in [2.45, 2.75) is 66.3 Å². The first-order chi connectivity index (χ1) is 9.73. The summed E-state index contributed by atoms with van der Waals surface area (Å²) in [5.74, 6) is 1.58. The van der Waals surface area contributed by atoms with Crippen LogP contribution in [0.3, 0.4) is 0 Å². The average molecular weight is 296 g/mol. The van der Waals surface area contributed by atoms with Gasteiger partial charge in [-0.25, -0.2) is 0 Å². The van der Waals surface area contributed by atoms with Crippen LogP contribution in [-0.2, 0) is 4.79 Å². The normalized spacial score (nSPS) is 25.1. The van der Waals surface area contributed by atoms with Gasteiger partial charge in [-0.05, 0) is 50.2 Å². The maximum atomic E-state index is 12.3. The molecule has 0 aromatic rings.